The summed E-state index contributed by atoms with van der Waals surface area (Å²) >= 11 is 0. The number of likely N-dealkylation sites (tertiary alicyclic amines) is 1. The van der Waals surface area contributed by atoms with Crippen molar-refractivity contribution in [2.45, 2.75) is 19.6 Å². The van der Waals surface area contributed by atoms with Gasteiger partial charge in [-0.3, -0.25) is 9.88 Å². The summed E-state index contributed by atoms with van der Waals surface area (Å²) < 4.78 is 11.5. The van der Waals surface area contributed by atoms with E-state index in [1.807, 2.05) is 30.3 Å². The van der Waals surface area contributed by atoms with Crippen molar-refractivity contribution in [2.75, 3.05) is 32.9 Å². The Labute approximate surface area is 154 Å². The van der Waals surface area contributed by atoms with Crippen LogP contribution in [0.25, 0.3) is 0 Å². The molecule has 2 saturated heterocycles. The number of aliphatic hydroxyl groups excluding tert-OH is 1. The van der Waals surface area contributed by atoms with Crippen LogP contribution in [0.3, 0.4) is 0 Å². The predicted octanol–water partition coefficient (Wildman–Crippen LogP) is 2.49. The lowest BCUT2D eigenvalue weighted by molar-refractivity contribution is -0.0561. The molecule has 5 nitrogen and oxygen atoms in total. The second-order valence-electron chi connectivity index (χ2n) is 7.49. The number of benzene rings is 1. The van der Waals surface area contributed by atoms with Gasteiger partial charge in [-0.25, -0.2) is 0 Å². The summed E-state index contributed by atoms with van der Waals surface area (Å²) in [5.74, 6) is 1.40. The van der Waals surface area contributed by atoms with Crippen molar-refractivity contribution in [1.82, 2.24) is 9.88 Å². The third kappa shape index (κ3) is 3.75. The van der Waals surface area contributed by atoms with Crippen LogP contribution in [0.2, 0.25) is 0 Å². The Morgan fingerprint density at radius 2 is 2.23 bits per heavy atom. The molecular formula is C21H26N2O3. The lowest BCUT2D eigenvalue weighted by Crippen LogP contribution is -2.42. The monoisotopic (exact) mass is 354 g/mol. The molecule has 0 unspecified atom stereocenters. The molecule has 3 heterocycles. The highest BCUT2D eigenvalue weighted by atomic mass is 16.5. The summed E-state index contributed by atoms with van der Waals surface area (Å²) in [6.07, 6.45) is 2.83. The van der Waals surface area contributed by atoms with Crippen LogP contribution < -0.4 is 4.74 Å². The van der Waals surface area contributed by atoms with E-state index in [0.29, 0.717) is 19.1 Å². The number of ether oxygens (including phenoxy) is 2. The maximum atomic E-state index is 9.93. The first-order chi connectivity index (χ1) is 12.8. The fraction of sp³-hybridized carbons (Fsp3) is 0.476. The summed E-state index contributed by atoms with van der Waals surface area (Å²) in [7, 11) is 0. The van der Waals surface area contributed by atoms with Crippen LogP contribution in [0, 0.1) is 11.3 Å². The zero-order chi connectivity index (χ0) is 17.8. The lowest BCUT2D eigenvalue weighted by atomic mass is 9.76. The second-order valence-corrected chi connectivity index (χ2v) is 7.49. The molecule has 0 aliphatic carbocycles. The third-order valence-corrected chi connectivity index (χ3v) is 5.62. The van der Waals surface area contributed by atoms with E-state index in [1.165, 1.54) is 5.56 Å². The van der Waals surface area contributed by atoms with Gasteiger partial charge in [0.05, 0.1) is 18.9 Å². The van der Waals surface area contributed by atoms with Crippen LogP contribution in [-0.2, 0) is 17.9 Å². The standard InChI is InChI=1S/C21H26N2O3/c24-15-21-14-23(12-18(21)7-9-25-16-21)11-17-4-3-6-20(10-17)26-13-19-5-1-2-8-22-19/h1-6,8,10,18,24H,7,9,11-16H2/t18-,21+/m0/s1. The average molecular weight is 354 g/mol. The Morgan fingerprint density at radius 1 is 1.27 bits per heavy atom. The van der Waals surface area contributed by atoms with Gasteiger partial charge in [0.2, 0.25) is 0 Å². The molecule has 1 aromatic carbocycles. The molecule has 5 heteroatoms. The number of aliphatic hydroxyl groups is 1. The molecule has 0 amide bonds. The Bertz CT molecular complexity index is 724. The van der Waals surface area contributed by atoms with Crippen molar-refractivity contribution in [2.24, 2.45) is 11.3 Å². The van der Waals surface area contributed by atoms with Gasteiger partial charge >= 0.3 is 0 Å². The minimum absolute atomic E-state index is 0.0780. The van der Waals surface area contributed by atoms with Crippen LogP contribution in [0.5, 0.6) is 5.75 Å². The van der Waals surface area contributed by atoms with Crippen LogP contribution in [-0.4, -0.2) is 47.9 Å². The molecule has 0 radical (unpaired) electrons. The summed E-state index contributed by atoms with van der Waals surface area (Å²) in [6, 6.07) is 14.1. The molecule has 0 spiro atoms. The van der Waals surface area contributed by atoms with Gasteiger partial charge in [0, 0.05) is 37.9 Å². The van der Waals surface area contributed by atoms with E-state index in [0.717, 1.165) is 44.1 Å². The molecule has 1 aromatic heterocycles. The van der Waals surface area contributed by atoms with Crippen LogP contribution >= 0.6 is 0 Å². The Kier molecular flexibility index (Phi) is 5.20. The highest BCUT2D eigenvalue weighted by molar-refractivity contribution is 5.29. The normalized spacial score (nSPS) is 25.8. The van der Waals surface area contributed by atoms with Crippen molar-refractivity contribution in [3.8, 4) is 5.75 Å². The zero-order valence-electron chi connectivity index (χ0n) is 15.0. The summed E-state index contributed by atoms with van der Waals surface area (Å²) in [5, 5.41) is 9.93. The number of pyridine rings is 1. The van der Waals surface area contributed by atoms with Gasteiger partial charge in [-0.2, -0.15) is 0 Å². The average Bonchev–Trinajstić information content (AvgIpc) is 3.06. The van der Waals surface area contributed by atoms with E-state index in [2.05, 4.69) is 22.0 Å². The van der Waals surface area contributed by atoms with E-state index >= 15 is 0 Å². The third-order valence-electron chi connectivity index (χ3n) is 5.62. The minimum atomic E-state index is -0.0780. The molecule has 0 bridgehead atoms. The number of nitrogens with zero attached hydrogens (tertiary/aromatic N) is 2. The van der Waals surface area contributed by atoms with Crippen molar-refractivity contribution < 1.29 is 14.6 Å². The van der Waals surface area contributed by atoms with Gasteiger partial charge in [-0.05, 0) is 42.2 Å². The summed E-state index contributed by atoms with van der Waals surface area (Å²) in [6.45, 7) is 4.98. The molecule has 2 fully saturated rings. The zero-order valence-corrected chi connectivity index (χ0v) is 15.0. The van der Waals surface area contributed by atoms with Crippen molar-refractivity contribution >= 4 is 0 Å². The van der Waals surface area contributed by atoms with Gasteiger partial charge < -0.3 is 14.6 Å². The SMILES string of the molecule is OC[C@]12COCC[C@H]1CN(Cc1cccc(OCc3ccccn3)c1)C2. The van der Waals surface area contributed by atoms with E-state index in [4.69, 9.17) is 9.47 Å². The molecule has 138 valence electrons. The number of hydrogen-bond acceptors (Lipinski definition) is 5. The summed E-state index contributed by atoms with van der Waals surface area (Å²) in [4.78, 5) is 6.73. The fourth-order valence-electron chi connectivity index (χ4n) is 4.18. The number of rotatable bonds is 6. The van der Waals surface area contributed by atoms with Gasteiger partial charge in [0.1, 0.15) is 12.4 Å². The van der Waals surface area contributed by atoms with Crippen molar-refractivity contribution in [1.29, 1.82) is 0 Å². The smallest absolute Gasteiger partial charge is 0.130 e. The highest BCUT2D eigenvalue weighted by Crippen LogP contribution is 2.41. The van der Waals surface area contributed by atoms with E-state index < -0.39 is 0 Å². The minimum Gasteiger partial charge on any atom is -0.487 e. The highest BCUT2D eigenvalue weighted by Gasteiger charge is 2.47. The molecule has 4 rings (SSSR count). The Morgan fingerprint density at radius 3 is 3.04 bits per heavy atom. The quantitative estimate of drug-likeness (QED) is 0.864. The predicted molar refractivity (Wildman–Crippen MR) is 98.7 cm³/mol. The fourth-order valence-corrected chi connectivity index (χ4v) is 4.18. The Hall–Kier alpha value is -1.95. The van der Waals surface area contributed by atoms with Gasteiger partial charge in [-0.1, -0.05) is 18.2 Å². The lowest BCUT2D eigenvalue weighted by Gasteiger charge is -2.36. The van der Waals surface area contributed by atoms with Crippen LogP contribution in [0.15, 0.2) is 48.7 Å². The molecule has 2 aliphatic heterocycles. The molecular weight excluding hydrogens is 328 g/mol. The van der Waals surface area contributed by atoms with E-state index in [-0.39, 0.29) is 12.0 Å². The molecule has 0 saturated carbocycles. The molecule has 2 atom stereocenters. The molecule has 2 aromatic rings. The maximum Gasteiger partial charge on any atom is 0.130 e. The number of aromatic nitrogens is 1. The van der Waals surface area contributed by atoms with Crippen LogP contribution in [0.4, 0.5) is 0 Å². The van der Waals surface area contributed by atoms with Gasteiger partial charge in [0.15, 0.2) is 0 Å². The number of fused-ring (bicyclic) bond motifs is 1. The van der Waals surface area contributed by atoms with E-state index in [1.54, 1.807) is 6.20 Å². The Balaban J connectivity index is 1.38. The first kappa shape index (κ1) is 17.5. The first-order valence-corrected chi connectivity index (χ1v) is 9.30. The maximum absolute atomic E-state index is 9.93. The topological polar surface area (TPSA) is 54.8 Å². The largest absolute Gasteiger partial charge is 0.487 e. The second kappa shape index (κ2) is 7.74. The summed E-state index contributed by atoms with van der Waals surface area (Å²) in [5.41, 5.74) is 2.08. The molecule has 2 aliphatic rings. The van der Waals surface area contributed by atoms with Gasteiger partial charge in [-0.15, -0.1) is 0 Å². The molecule has 1 N–H and O–H groups in total. The van der Waals surface area contributed by atoms with Crippen LogP contribution in [0.1, 0.15) is 17.7 Å². The van der Waals surface area contributed by atoms with Crippen molar-refractivity contribution in [3.63, 3.8) is 0 Å². The van der Waals surface area contributed by atoms with Gasteiger partial charge in [0.25, 0.3) is 0 Å². The number of hydrogen-bond donors (Lipinski definition) is 1. The molecule has 26 heavy (non-hydrogen) atoms. The first-order valence-electron chi connectivity index (χ1n) is 9.30. The van der Waals surface area contributed by atoms with Crippen molar-refractivity contribution in [3.05, 3.63) is 59.9 Å². The van der Waals surface area contributed by atoms with E-state index in [9.17, 15) is 5.11 Å².